The molecule has 0 aromatic carbocycles. The van der Waals surface area contributed by atoms with Gasteiger partial charge in [0.1, 0.15) is 0 Å². The number of hydrogen-bond donors (Lipinski definition) is 3. The molecule has 0 radical (unpaired) electrons. The summed E-state index contributed by atoms with van der Waals surface area (Å²) in [7, 11) is 0. The van der Waals surface area contributed by atoms with Crippen LogP contribution in [0.4, 0.5) is 16.6 Å². The van der Waals surface area contributed by atoms with Gasteiger partial charge in [0.15, 0.2) is 0 Å². The molecule has 7 nitrogen and oxygen atoms in total. The molecular weight excluding hydrogens is 164 g/mol. The van der Waals surface area contributed by atoms with E-state index >= 15 is 0 Å². The minimum atomic E-state index is -1.33. The molecule has 12 heavy (non-hydrogen) atoms. The van der Waals surface area contributed by atoms with Crippen LogP contribution in [0.1, 0.15) is 0 Å². The molecule has 0 aliphatic heterocycles. The standard InChI is InChI=1S/C5H6N4O3/c6-4-7-2-1-3(9(4)12)8-5(10)11/h1-2,8H,(H2,6,7)(H,10,11). The first kappa shape index (κ1) is 8.05. The van der Waals surface area contributed by atoms with Crippen LogP contribution >= 0.6 is 0 Å². The van der Waals surface area contributed by atoms with Crippen LogP contribution in [0.5, 0.6) is 0 Å². The maximum atomic E-state index is 10.9. The predicted molar refractivity (Wildman–Crippen MR) is 39.3 cm³/mol. The van der Waals surface area contributed by atoms with Crippen LogP contribution in [0.2, 0.25) is 0 Å². The van der Waals surface area contributed by atoms with Gasteiger partial charge in [0.2, 0.25) is 5.82 Å². The van der Waals surface area contributed by atoms with Crippen LogP contribution in [0.15, 0.2) is 12.3 Å². The Labute approximate surface area is 67.0 Å². The molecule has 0 aliphatic carbocycles. The van der Waals surface area contributed by atoms with Crippen molar-refractivity contribution >= 4 is 17.9 Å². The topological polar surface area (TPSA) is 115 Å². The Balaban J connectivity index is 3.00. The minimum absolute atomic E-state index is 0.171. The van der Waals surface area contributed by atoms with Gasteiger partial charge in [-0.1, -0.05) is 0 Å². The summed E-state index contributed by atoms with van der Waals surface area (Å²) in [5.74, 6) is -0.476. The Bertz CT molecular complexity index is 314. The number of nitrogens with one attached hydrogen (secondary N) is 1. The van der Waals surface area contributed by atoms with E-state index in [4.69, 9.17) is 10.8 Å². The van der Waals surface area contributed by atoms with Crippen LogP contribution in [0, 0.1) is 5.21 Å². The van der Waals surface area contributed by atoms with Gasteiger partial charge in [-0.05, 0) is 0 Å². The number of rotatable bonds is 1. The first-order valence-corrected chi connectivity index (χ1v) is 2.95. The number of nitrogens with zero attached hydrogens (tertiary/aromatic N) is 2. The summed E-state index contributed by atoms with van der Waals surface area (Å²) in [5.41, 5.74) is 5.10. The molecule has 1 aromatic heterocycles. The fraction of sp³-hybridized carbons (Fsp3) is 0. The highest BCUT2D eigenvalue weighted by Gasteiger charge is 2.06. The highest BCUT2D eigenvalue weighted by atomic mass is 16.5. The van der Waals surface area contributed by atoms with Gasteiger partial charge < -0.3 is 16.0 Å². The van der Waals surface area contributed by atoms with Gasteiger partial charge in [0, 0.05) is 6.07 Å². The Kier molecular flexibility index (Phi) is 1.95. The number of amides is 1. The SMILES string of the molecule is Nc1nccc(NC(=O)O)[n+]1[O-]. The molecule has 0 saturated carbocycles. The maximum Gasteiger partial charge on any atom is 0.456 e. The van der Waals surface area contributed by atoms with Crippen molar-refractivity contribution in [1.29, 1.82) is 0 Å². The van der Waals surface area contributed by atoms with Crippen molar-refractivity contribution in [1.82, 2.24) is 4.98 Å². The fourth-order valence-corrected chi connectivity index (χ4v) is 0.630. The molecule has 1 rings (SSSR count). The van der Waals surface area contributed by atoms with Crippen molar-refractivity contribution in [3.63, 3.8) is 0 Å². The van der Waals surface area contributed by atoms with Crippen molar-refractivity contribution in [2.45, 2.75) is 0 Å². The first-order valence-electron chi connectivity index (χ1n) is 2.95. The minimum Gasteiger partial charge on any atom is -0.754 e. The van der Waals surface area contributed by atoms with Gasteiger partial charge in [0.05, 0.1) is 6.20 Å². The average molecular weight is 170 g/mol. The van der Waals surface area contributed by atoms with Gasteiger partial charge in [-0.25, -0.2) is 14.8 Å². The lowest BCUT2D eigenvalue weighted by atomic mass is 10.6. The second-order valence-corrected chi connectivity index (χ2v) is 1.91. The number of carbonyl (C=O) groups is 1. The van der Waals surface area contributed by atoms with E-state index in [0.717, 1.165) is 0 Å². The highest BCUT2D eigenvalue weighted by Crippen LogP contribution is 1.98. The molecule has 0 unspecified atom stereocenters. The summed E-state index contributed by atoms with van der Waals surface area (Å²) in [6.45, 7) is 0. The molecule has 0 atom stereocenters. The van der Waals surface area contributed by atoms with Crippen LogP contribution in [-0.2, 0) is 0 Å². The van der Waals surface area contributed by atoms with Gasteiger partial charge in [-0.15, -0.1) is 4.98 Å². The van der Waals surface area contributed by atoms with E-state index in [0.29, 0.717) is 0 Å². The largest absolute Gasteiger partial charge is 0.754 e. The first-order chi connectivity index (χ1) is 5.61. The normalized spacial score (nSPS) is 9.33. The second-order valence-electron chi connectivity index (χ2n) is 1.91. The van der Waals surface area contributed by atoms with E-state index in [1.54, 1.807) is 0 Å². The summed E-state index contributed by atoms with van der Waals surface area (Å²) < 4.78 is 0.189. The molecule has 0 aliphatic rings. The third-order valence-corrected chi connectivity index (χ3v) is 1.10. The lowest BCUT2D eigenvalue weighted by Crippen LogP contribution is -2.36. The molecule has 64 valence electrons. The zero-order valence-corrected chi connectivity index (χ0v) is 5.89. The third-order valence-electron chi connectivity index (χ3n) is 1.10. The summed E-state index contributed by atoms with van der Waals surface area (Å²) >= 11 is 0. The summed E-state index contributed by atoms with van der Waals surface area (Å²) in [6, 6.07) is 1.21. The van der Waals surface area contributed by atoms with Crippen molar-refractivity contribution < 1.29 is 14.6 Å². The average Bonchev–Trinajstić information content (AvgIpc) is 1.98. The molecule has 1 amide bonds. The van der Waals surface area contributed by atoms with Crippen molar-refractivity contribution in [3.8, 4) is 0 Å². The Morgan fingerprint density at radius 2 is 2.50 bits per heavy atom. The van der Waals surface area contributed by atoms with E-state index in [1.165, 1.54) is 12.3 Å². The maximum absolute atomic E-state index is 10.9. The van der Waals surface area contributed by atoms with E-state index in [1.807, 2.05) is 5.32 Å². The quantitative estimate of drug-likeness (QED) is 0.384. The predicted octanol–water partition coefficient (Wildman–Crippen LogP) is -0.613. The molecule has 4 N–H and O–H groups in total. The van der Waals surface area contributed by atoms with Gasteiger partial charge >= 0.3 is 12.0 Å². The molecule has 0 fully saturated rings. The monoisotopic (exact) mass is 170 g/mol. The van der Waals surface area contributed by atoms with E-state index in [2.05, 4.69) is 4.98 Å². The molecule has 1 aromatic rings. The number of hydrogen-bond acceptors (Lipinski definition) is 4. The lowest BCUT2D eigenvalue weighted by Gasteiger charge is -2.09. The van der Waals surface area contributed by atoms with Crippen molar-refractivity contribution in [3.05, 3.63) is 17.5 Å². The Hall–Kier alpha value is -2.05. The zero-order chi connectivity index (χ0) is 9.14. The molecule has 0 spiro atoms. The lowest BCUT2D eigenvalue weighted by molar-refractivity contribution is -0.577. The Morgan fingerprint density at radius 3 is 3.08 bits per heavy atom. The summed E-state index contributed by atoms with van der Waals surface area (Å²) in [6.07, 6.45) is -0.0974. The number of carboxylic acid groups (broad SMARTS) is 1. The van der Waals surface area contributed by atoms with Crippen LogP contribution in [0.3, 0.4) is 0 Å². The summed E-state index contributed by atoms with van der Waals surface area (Å²) in [4.78, 5) is 13.5. The second kappa shape index (κ2) is 2.91. The molecule has 0 saturated heterocycles. The number of aromatic nitrogens is 2. The number of anilines is 2. The third kappa shape index (κ3) is 1.51. The van der Waals surface area contributed by atoms with Crippen molar-refractivity contribution in [2.24, 2.45) is 0 Å². The van der Waals surface area contributed by atoms with Gasteiger partial charge in [-0.2, -0.15) is 0 Å². The Morgan fingerprint density at radius 1 is 1.83 bits per heavy atom. The zero-order valence-electron chi connectivity index (χ0n) is 5.89. The van der Waals surface area contributed by atoms with Crippen LogP contribution in [0.25, 0.3) is 0 Å². The fourth-order valence-electron chi connectivity index (χ4n) is 0.630. The highest BCUT2D eigenvalue weighted by molar-refractivity contribution is 5.80. The number of nitrogen functional groups attached to an aromatic ring is 1. The number of nitrogens with two attached hydrogens (primary N) is 1. The van der Waals surface area contributed by atoms with Gasteiger partial charge in [-0.3, -0.25) is 0 Å². The smallest absolute Gasteiger partial charge is 0.456 e. The summed E-state index contributed by atoms with van der Waals surface area (Å²) in [5, 5.41) is 21.0. The molecule has 1 heterocycles. The molecular formula is C5H6N4O3. The van der Waals surface area contributed by atoms with E-state index in [-0.39, 0.29) is 16.5 Å². The van der Waals surface area contributed by atoms with Crippen LogP contribution < -0.4 is 15.8 Å². The molecule has 0 bridgehead atoms. The van der Waals surface area contributed by atoms with Crippen molar-refractivity contribution in [2.75, 3.05) is 11.1 Å². The van der Waals surface area contributed by atoms with E-state index in [9.17, 15) is 10.0 Å². The molecule has 7 heteroatoms. The van der Waals surface area contributed by atoms with Crippen LogP contribution in [-0.4, -0.2) is 16.2 Å². The van der Waals surface area contributed by atoms with E-state index < -0.39 is 6.09 Å². The van der Waals surface area contributed by atoms with Gasteiger partial charge in [0.25, 0.3) is 0 Å².